The van der Waals surface area contributed by atoms with Crippen molar-refractivity contribution >= 4 is 11.9 Å². The van der Waals surface area contributed by atoms with Gasteiger partial charge in [0.1, 0.15) is 6.04 Å². The molecule has 1 atom stereocenters. The zero-order valence-electron chi connectivity index (χ0n) is 9.77. The molecule has 92 valence electrons. The van der Waals surface area contributed by atoms with Crippen LogP contribution >= 0.6 is 0 Å². The number of carboxylic acids is 1. The topological polar surface area (TPSA) is 89.6 Å². The summed E-state index contributed by atoms with van der Waals surface area (Å²) in [6.45, 7) is 1.70. The maximum Gasteiger partial charge on any atom is 0.335 e. The number of carbonyl (C=O) groups is 2. The maximum atomic E-state index is 11.1. The van der Waals surface area contributed by atoms with Crippen LogP contribution in [0, 0.1) is 6.92 Å². The summed E-state index contributed by atoms with van der Waals surface area (Å²) in [6, 6.07) is 4.15. The van der Waals surface area contributed by atoms with Crippen LogP contribution in [-0.2, 0) is 16.0 Å². The van der Waals surface area contributed by atoms with Crippen molar-refractivity contribution in [2.24, 2.45) is 5.73 Å². The van der Waals surface area contributed by atoms with Gasteiger partial charge in [0.2, 0.25) is 0 Å². The Labute approximate surface area is 99.2 Å². The third-order valence-electron chi connectivity index (χ3n) is 2.48. The molecule has 0 heterocycles. The van der Waals surface area contributed by atoms with E-state index in [2.05, 4.69) is 4.74 Å². The molecule has 1 aromatic rings. The first-order valence-electron chi connectivity index (χ1n) is 5.12. The molecule has 0 bridgehead atoms. The lowest BCUT2D eigenvalue weighted by Gasteiger charge is -2.10. The fourth-order valence-corrected chi connectivity index (χ4v) is 1.58. The van der Waals surface area contributed by atoms with E-state index in [-0.39, 0.29) is 5.56 Å². The largest absolute Gasteiger partial charge is 0.478 e. The number of hydrogen-bond acceptors (Lipinski definition) is 4. The lowest BCUT2D eigenvalue weighted by molar-refractivity contribution is -0.142. The standard InChI is InChI=1S/C12H15NO4/c1-7-5-8(3-4-9(7)11(14)15)6-10(13)12(16)17-2/h3-5,10H,6,13H2,1-2H3,(H,14,15)/t10-/m0/s1. The highest BCUT2D eigenvalue weighted by Gasteiger charge is 2.15. The Bertz CT molecular complexity index is 442. The molecular weight excluding hydrogens is 222 g/mol. The normalized spacial score (nSPS) is 11.9. The molecule has 1 aromatic carbocycles. The molecule has 0 unspecified atom stereocenters. The van der Waals surface area contributed by atoms with Crippen molar-refractivity contribution < 1.29 is 19.4 Å². The molecule has 0 aliphatic carbocycles. The summed E-state index contributed by atoms with van der Waals surface area (Å²) in [5.74, 6) is -1.45. The molecule has 1 rings (SSSR count). The molecule has 5 heteroatoms. The highest BCUT2D eigenvalue weighted by Crippen LogP contribution is 2.12. The number of hydrogen-bond donors (Lipinski definition) is 2. The molecule has 5 nitrogen and oxygen atoms in total. The van der Waals surface area contributed by atoms with Gasteiger partial charge in [0.15, 0.2) is 0 Å². The van der Waals surface area contributed by atoms with E-state index >= 15 is 0 Å². The van der Waals surface area contributed by atoms with Crippen molar-refractivity contribution in [1.29, 1.82) is 0 Å². The highest BCUT2D eigenvalue weighted by atomic mass is 16.5. The minimum atomic E-state index is -0.966. The Morgan fingerprint density at radius 3 is 2.59 bits per heavy atom. The van der Waals surface area contributed by atoms with Crippen LogP contribution < -0.4 is 5.73 Å². The smallest absolute Gasteiger partial charge is 0.335 e. The molecule has 0 aliphatic rings. The van der Waals surface area contributed by atoms with Crippen molar-refractivity contribution in [2.75, 3.05) is 7.11 Å². The van der Waals surface area contributed by atoms with Gasteiger partial charge in [-0.1, -0.05) is 12.1 Å². The van der Waals surface area contributed by atoms with Gasteiger partial charge >= 0.3 is 11.9 Å². The van der Waals surface area contributed by atoms with Crippen LogP contribution in [0.2, 0.25) is 0 Å². The minimum absolute atomic E-state index is 0.250. The van der Waals surface area contributed by atoms with Crippen LogP contribution in [-0.4, -0.2) is 30.2 Å². The second kappa shape index (κ2) is 5.45. The average molecular weight is 237 g/mol. The number of aryl methyl sites for hydroxylation is 1. The van der Waals surface area contributed by atoms with Crippen molar-refractivity contribution in [2.45, 2.75) is 19.4 Å². The van der Waals surface area contributed by atoms with Crippen molar-refractivity contribution in [3.63, 3.8) is 0 Å². The number of rotatable bonds is 4. The third kappa shape index (κ3) is 3.29. The summed E-state index contributed by atoms with van der Waals surface area (Å²) in [7, 11) is 1.28. The first-order valence-corrected chi connectivity index (χ1v) is 5.12. The summed E-state index contributed by atoms with van der Waals surface area (Å²) < 4.78 is 4.52. The molecule has 0 spiro atoms. The summed E-state index contributed by atoms with van der Waals surface area (Å²) in [5, 5.41) is 8.87. The Morgan fingerprint density at radius 2 is 2.12 bits per heavy atom. The summed E-state index contributed by atoms with van der Waals surface area (Å²) in [4.78, 5) is 21.9. The van der Waals surface area contributed by atoms with Crippen LogP contribution in [0.4, 0.5) is 0 Å². The molecule has 17 heavy (non-hydrogen) atoms. The first kappa shape index (κ1) is 13.2. The SMILES string of the molecule is COC(=O)[C@@H](N)Cc1ccc(C(=O)O)c(C)c1. The van der Waals surface area contributed by atoms with Crippen molar-refractivity contribution in [1.82, 2.24) is 0 Å². The third-order valence-corrected chi connectivity index (χ3v) is 2.48. The molecule has 0 amide bonds. The van der Waals surface area contributed by atoms with Crippen molar-refractivity contribution in [3.05, 3.63) is 34.9 Å². The lowest BCUT2D eigenvalue weighted by atomic mass is 10.0. The van der Waals surface area contributed by atoms with Gasteiger partial charge in [0.05, 0.1) is 12.7 Å². The lowest BCUT2D eigenvalue weighted by Crippen LogP contribution is -2.33. The van der Waals surface area contributed by atoms with Crippen molar-refractivity contribution in [3.8, 4) is 0 Å². The predicted octanol–water partition coefficient (Wildman–Crippen LogP) is 0.736. The summed E-state index contributed by atoms with van der Waals surface area (Å²) in [6.07, 6.45) is 0.327. The van der Waals surface area contributed by atoms with Crippen LogP contribution in [0.15, 0.2) is 18.2 Å². The second-order valence-electron chi connectivity index (χ2n) is 3.79. The Balaban J connectivity index is 2.84. The van der Waals surface area contributed by atoms with E-state index in [9.17, 15) is 9.59 Å². The molecule has 0 aromatic heterocycles. The quantitative estimate of drug-likeness (QED) is 0.754. The predicted molar refractivity (Wildman–Crippen MR) is 61.8 cm³/mol. The van der Waals surface area contributed by atoms with E-state index in [0.717, 1.165) is 5.56 Å². The molecule has 0 aliphatic heterocycles. The van der Waals surface area contributed by atoms with Gasteiger partial charge in [-0.3, -0.25) is 4.79 Å². The van der Waals surface area contributed by atoms with Crippen LogP contribution in [0.1, 0.15) is 21.5 Å². The monoisotopic (exact) mass is 237 g/mol. The van der Waals surface area contributed by atoms with E-state index in [4.69, 9.17) is 10.8 Å². The van der Waals surface area contributed by atoms with Crippen LogP contribution in [0.25, 0.3) is 0 Å². The minimum Gasteiger partial charge on any atom is -0.478 e. The van der Waals surface area contributed by atoms with Gasteiger partial charge in [-0.05, 0) is 30.5 Å². The fraction of sp³-hybridized carbons (Fsp3) is 0.333. The Kier molecular flexibility index (Phi) is 4.23. The van der Waals surface area contributed by atoms with Crippen LogP contribution in [0.5, 0.6) is 0 Å². The van der Waals surface area contributed by atoms with Crippen LogP contribution in [0.3, 0.4) is 0 Å². The van der Waals surface area contributed by atoms with E-state index in [1.165, 1.54) is 13.2 Å². The van der Waals surface area contributed by atoms with E-state index < -0.39 is 18.0 Å². The number of aromatic carboxylic acids is 1. The second-order valence-corrected chi connectivity index (χ2v) is 3.79. The fourth-order valence-electron chi connectivity index (χ4n) is 1.58. The maximum absolute atomic E-state index is 11.1. The number of nitrogens with two attached hydrogens (primary N) is 1. The first-order chi connectivity index (χ1) is 7.95. The molecule has 0 fully saturated rings. The molecule has 0 radical (unpaired) electrons. The van der Waals surface area contributed by atoms with E-state index in [0.29, 0.717) is 12.0 Å². The Morgan fingerprint density at radius 1 is 1.47 bits per heavy atom. The van der Waals surface area contributed by atoms with E-state index in [1.807, 2.05) is 0 Å². The van der Waals surface area contributed by atoms with Gasteiger partial charge in [-0.15, -0.1) is 0 Å². The zero-order valence-corrected chi connectivity index (χ0v) is 9.77. The summed E-state index contributed by atoms with van der Waals surface area (Å²) in [5.41, 5.74) is 7.32. The zero-order chi connectivity index (χ0) is 13.0. The molecule has 0 saturated heterocycles. The summed E-state index contributed by atoms with van der Waals surface area (Å²) >= 11 is 0. The van der Waals surface area contributed by atoms with E-state index in [1.54, 1.807) is 19.1 Å². The van der Waals surface area contributed by atoms with Gasteiger partial charge < -0.3 is 15.6 Å². The van der Waals surface area contributed by atoms with Gasteiger partial charge in [0.25, 0.3) is 0 Å². The number of esters is 1. The number of methoxy groups -OCH3 is 1. The van der Waals surface area contributed by atoms with Gasteiger partial charge in [0, 0.05) is 0 Å². The van der Waals surface area contributed by atoms with Gasteiger partial charge in [-0.25, -0.2) is 4.79 Å². The molecule has 3 N–H and O–H groups in total. The number of ether oxygens (including phenoxy) is 1. The number of carbonyl (C=O) groups excluding carboxylic acids is 1. The number of benzene rings is 1. The molecule has 0 saturated carbocycles. The molecular formula is C12H15NO4. The Hall–Kier alpha value is -1.88. The number of carboxylic acid groups (broad SMARTS) is 1. The van der Waals surface area contributed by atoms with Gasteiger partial charge in [-0.2, -0.15) is 0 Å². The average Bonchev–Trinajstić information content (AvgIpc) is 2.27. The highest BCUT2D eigenvalue weighted by molar-refractivity contribution is 5.89.